The van der Waals surface area contributed by atoms with Gasteiger partial charge in [0.2, 0.25) is 0 Å². The van der Waals surface area contributed by atoms with Crippen molar-refractivity contribution in [2.24, 2.45) is 0 Å². The molecular formula is C36H20BN11. The SMILES string of the molecule is c1ccc(N2c3cc(-c4ncccn4)cc4c3B(c3nccnc32)c2ncnc3c5c6nccnc6n(-c6ccccc6)c5n-4c23)cc1. The maximum atomic E-state index is 5.01. The topological polar surface area (TPSA) is 116 Å². The van der Waals surface area contributed by atoms with Gasteiger partial charge in [-0.25, -0.2) is 29.9 Å². The number of benzene rings is 3. The molecule has 0 bridgehead atoms. The fourth-order valence-electron chi connectivity index (χ4n) is 7.53. The van der Waals surface area contributed by atoms with Gasteiger partial charge in [-0.15, -0.1) is 0 Å². The second-order valence-corrected chi connectivity index (χ2v) is 11.8. The molecule has 3 aromatic carbocycles. The number of para-hydroxylation sites is 2. The highest BCUT2D eigenvalue weighted by atomic mass is 15.2. The highest BCUT2D eigenvalue weighted by Gasteiger charge is 2.46. The molecule has 48 heavy (non-hydrogen) atoms. The minimum atomic E-state index is -0.302. The fraction of sp³-hybridized carbons (Fsp3) is 0. The number of aromatic nitrogens is 10. The summed E-state index contributed by atoms with van der Waals surface area (Å²) in [5, 5.41) is 0.911. The Labute approximate surface area is 272 Å². The molecule has 2 aliphatic rings. The molecule has 0 saturated carbocycles. The number of nitrogens with zero attached hydrogens (tertiary/aromatic N) is 11. The smallest absolute Gasteiger partial charge is 0.295 e. The summed E-state index contributed by atoms with van der Waals surface area (Å²) in [5.41, 5.74) is 11.6. The highest BCUT2D eigenvalue weighted by Crippen LogP contribution is 2.43. The molecule has 0 radical (unpaired) electrons. The predicted molar refractivity (Wildman–Crippen MR) is 185 cm³/mol. The third-order valence-corrected chi connectivity index (χ3v) is 9.31. The van der Waals surface area contributed by atoms with Gasteiger partial charge >= 0.3 is 6.71 Å². The standard InChI is InChI=1S/C36H20BN11/c1-3-8-22(9-4-1)46-24-18-21(33-40-12-7-13-41-33)19-25-27(24)37(32-35(46)43-17-15-39-32)31-30-28(44-20-45-31)26-29-34(42-16-14-38-29)47(36(26)48(25)30)23-10-5-2-6-11-23/h1-20H. The Bertz CT molecular complexity index is 2750. The molecule has 0 unspecified atom stereocenters. The molecule has 0 fully saturated rings. The average Bonchev–Trinajstić information content (AvgIpc) is 3.68. The number of fused-ring (bicyclic) bond motifs is 9. The Morgan fingerprint density at radius 3 is 2.10 bits per heavy atom. The van der Waals surface area contributed by atoms with Crippen molar-refractivity contribution in [3.63, 3.8) is 0 Å². The summed E-state index contributed by atoms with van der Waals surface area (Å²) in [6, 6.07) is 26.7. The van der Waals surface area contributed by atoms with Crippen LogP contribution in [0.4, 0.5) is 17.2 Å². The first-order valence-corrected chi connectivity index (χ1v) is 15.5. The van der Waals surface area contributed by atoms with E-state index in [0.29, 0.717) is 5.82 Å². The van der Waals surface area contributed by atoms with Crippen molar-refractivity contribution in [1.82, 2.24) is 49.0 Å². The van der Waals surface area contributed by atoms with E-state index >= 15 is 0 Å². The molecule has 6 aromatic heterocycles. The molecule has 12 heteroatoms. The van der Waals surface area contributed by atoms with Gasteiger partial charge in [-0.2, -0.15) is 0 Å². The van der Waals surface area contributed by atoms with Crippen LogP contribution >= 0.6 is 0 Å². The average molecular weight is 617 g/mol. The number of rotatable bonds is 3. The Morgan fingerprint density at radius 2 is 1.27 bits per heavy atom. The lowest BCUT2D eigenvalue weighted by Crippen LogP contribution is -2.62. The molecule has 9 aromatic rings. The first-order chi connectivity index (χ1) is 23.9. The van der Waals surface area contributed by atoms with Crippen molar-refractivity contribution in [1.29, 1.82) is 0 Å². The van der Waals surface area contributed by atoms with Crippen LogP contribution in [0.15, 0.2) is 122 Å². The molecule has 11 nitrogen and oxygen atoms in total. The molecule has 2 aliphatic heterocycles. The van der Waals surface area contributed by atoms with Crippen LogP contribution in [0.2, 0.25) is 0 Å². The molecule has 0 spiro atoms. The van der Waals surface area contributed by atoms with E-state index in [2.05, 4.69) is 60.4 Å². The zero-order chi connectivity index (χ0) is 31.3. The van der Waals surface area contributed by atoms with Gasteiger partial charge in [0.05, 0.1) is 16.5 Å². The quantitative estimate of drug-likeness (QED) is 0.270. The first-order valence-electron chi connectivity index (χ1n) is 15.5. The van der Waals surface area contributed by atoms with Gasteiger partial charge in [-0.05, 0) is 47.9 Å². The van der Waals surface area contributed by atoms with E-state index in [0.717, 1.165) is 84.0 Å². The van der Waals surface area contributed by atoms with Crippen LogP contribution in [-0.2, 0) is 0 Å². The summed E-state index contributed by atoms with van der Waals surface area (Å²) in [4.78, 5) is 41.1. The van der Waals surface area contributed by atoms with E-state index in [9.17, 15) is 0 Å². The molecule has 222 valence electrons. The first kappa shape index (κ1) is 25.4. The van der Waals surface area contributed by atoms with Gasteiger partial charge in [0.15, 0.2) is 17.3 Å². The van der Waals surface area contributed by atoms with Crippen LogP contribution in [-0.4, -0.2) is 55.7 Å². The van der Waals surface area contributed by atoms with Gasteiger partial charge in [0.1, 0.15) is 23.0 Å². The second kappa shape index (κ2) is 9.36. The van der Waals surface area contributed by atoms with Crippen LogP contribution in [0.3, 0.4) is 0 Å². The van der Waals surface area contributed by atoms with Gasteiger partial charge in [-0.1, -0.05) is 36.4 Å². The summed E-state index contributed by atoms with van der Waals surface area (Å²) < 4.78 is 4.45. The van der Waals surface area contributed by atoms with Crippen LogP contribution < -0.4 is 21.5 Å². The summed E-state index contributed by atoms with van der Waals surface area (Å²) >= 11 is 0. The normalized spacial score (nSPS) is 12.9. The Morgan fingerprint density at radius 1 is 0.542 bits per heavy atom. The molecule has 11 rings (SSSR count). The van der Waals surface area contributed by atoms with E-state index in [-0.39, 0.29) is 6.71 Å². The van der Waals surface area contributed by atoms with Crippen molar-refractivity contribution in [3.8, 4) is 22.8 Å². The monoisotopic (exact) mass is 617 g/mol. The van der Waals surface area contributed by atoms with Gasteiger partial charge < -0.3 is 0 Å². The Balaban J connectivity index is 1.38. The Hall–Kier alpha value is -6.82. The largest absolute Gasteiger partial charge is 0.300 e. The molecule has 0 saturated heterocycles. The zero-order valence-electron chi connectivity index (χ0n) is 25.0. The maximum absolute atomic E-state index is 5.01. The maximum Gasteiger partial charge on any atom is 0.300 e. The minimum Gasteiger partial charge on any atom is -0.295 e. The molecular weight excluding hydrogens is 597 g/mol. The fourth-order valence-corrected chi connectivity index (χ4v) is 7.53. The van der Waals surface area contributed by atoms with Crippen molar-refractivity contribution in [2.45, 2.75) is 0 Å². The van der Waals surface area contributed by atoms with Crippen LogP contribution in [0.1, 0.15) is 0 Å². The summed E-state index contributed by atoms with van der Waals surface area (Å²) in [7, 11) is 0. The van der Waals surface area contributed by atoms with Crippen LogP contribution in [0, 0.1) is 0 Å². The van der Waals surface area contributed by atoms with E-state index in [4.69, 9.17) is 29.9 Å². The lowest BCUT2D eigenvalue weighted by molar-refractivity contribution is 1.04. The van der Waals surface area contributed by atoms with Crippen molar-refractivity contribution in [3.05, 3.63) is 122 Å². The van der Waals surface area contributed by atoms with Crippen molar-refractivity contribution >= 4 is 73.8 Å². The van der Waals surface area contributed by atoms with E-state index in [1.54, 1.807) is 43.5 Å². The van der Waals surface area contributed by atoms with Crippen molar-refractivity contribution < 1.29 is 0 Å². The number of anilines is 3. The minimum absolute atomic E-state index is 0.302. The van der Waals surface area contributed by atoms with Crippen LogP contribution in [0.25, 0.3) is 56.0 Å². The third kappa shape index (κ3) is 3.22. The van der Waals surface area contributed by atoms with E-state index in [1.807, 2.05) is 42.5 Å². The van der Waals surface area contributed by atoms with Gasteiger partial charge in [-0.3, -0.25) is 24.0 Å². The van der Waals surface area contributed by atoms with Crippen LogP contribution in [0.5, 0.6) is 0 Å². The third-order valence-electron chi connectivity index (χ3n) is 9.31. The lowest BCUT2D eigenvalue weighted by atomic mass is 9.37. The molecule has 0 amide bonds. The highest BCUT2D eigenvalue weighted by molar-refractivity contribution is 6.99. The zero-order valence-corrected chi connectivity index (χ0v) is 25.0. The van der Waals surface area contributed by atoms with Gasteiger partial charge in [0.25, 0.3) is 0 Å². The molecule has 0 N–H and O–H groups in total. The number of hydrogen-bond acceptors (Lipinski definition) is 9. The molecule has 0 atom stereocenters. The summed E-state index contributed by atoms with van der Waals surface area (Å²) in [6.45, 7) is -0.302. The van der Waals surface area contributed by atoms with Gasteiger partial charge in [0, 0.05) is 71.1 Å². The van der Waals surface area contributed by atoms with E-state index in [1.165, 1.54) is 0 Å². The number of hydrogen-bond donors (Lipinski definition) is 0. The molecule has 0 aliphatic carbocycles. The van der Waals surface area contributed by atoms with E-state index < -0.39 is 0 Å². The summed E-state index contributed by atoms with van der Waals surface area (Å²) in [6.07, 6.45) is 12.2. The van der Waals surface area contributed by atoms with Crippen molar-refractivity contribution in [2.75, 3.05) is 4.90 Å². The summed E-state index contributed by atoms with van der Waals surface area (Å²) in [5.74, 6) is 1.37. The predicted octanol–water partition coefficient (Wildman–Crippen LogP) is 4.17. The Kier molecular flexibility index (Phi) is 4.95. The lowest BCUT2D eigenvalue weighted by Gasteiger charge is -2.38. The second-order valence-electron chi connectivity index (χ2n) is 11.8. The molecule has 8 heterocycles.